The topological polar surface area (TPSA) is 92.9 Å². The molecule has 0 aliphatic heterocycles. The zero-order valence-corrected chi connectivity index (χ0v) is 8.71. The predicted molar refractivity (Wildman–Crippen MR) is 56.1 cm³/mol. The third kappa shape index (κ3) is 2.19. The van der Waals surface area contributed by atoms with E-state index in [0.717, 1.165) is 4.90 Å². The van der Waals surface area contributed by atoms with Gasteiger partial charge in [0.2, 0.25) is 0 Å². The summed E-state index contributed by atoms with van der Waals surface area (Å²) in [5, 5.41) is 19.5. The lowest BCUT2D eigenvalue weighted by molar-refractivity contribution is -0.384. The van der Waals surface area contributed by atoms with Crippen LogP contribution in [0.1, 0.15) is 0 Å². The van der Waals surface area contributed by atoms with Crippen LogP contribution in [-0.2, 0) is 0 Å². The van der Waals surface area contributed by atoms with E-state index < -0.39 is 11.0 Å². The summed E-state index contributed by atoms with van der Waals surface area (Å²) in [6.07, 6.45) is -1.28. The van der Waals surface area contributed by atoms with Crippen LogP contribution in [0, 0.1) is 10.1 Å². The van der Waals surface area contributed by atoms with Gasteiger partial charge in [-0.25, -0.2) is 4.79 Å². The first kappa shape index (κ1) is 11.8. The average molecular weight is 226 g/mol. The minimum Gasteiger partial charge on any atom is -0.497 e. The number of hydrogen-bond acceptors (Lipinski definition) is 4. The smallest absolute Gasteiger partial charge is 0.411 e. The molecule has 0 aromatic heterocycles. The summed E-state index contributed by atoms with van der Waals surface area (Å²) in [6, 6.07) is 3.90. The summed E-state index contributed by atoms with van der Waals surface area (Å²) in [6.45, 7) is 0. The molecule has 1 aromatic carbocycles. The molecular formula is C9H10N2O5. The highest BCUT2D eigenvalue weighted by molar-refractivity contribution is 5.89. The van der Waals surface area contributed by atoms with Crippen LogP contribution in [0.5, 0.6) is 5.75 Å². The van der Waals surface area contributed by atoms with Crippen LogP contribution in [0.25, 0.3) is 0 Å². The molecule has 7 heteroatoms. The van der Waals surface area contributed by atoms with Gasteiger partial charge in [0.25, 0.3) is 5.69 Å². The van der Waals surface area contributed by atoms with Gasteiger partial charge in [0.1, 0.15) is 11.4 Å². The summed E-state index contributed by atoms with van der Waals surface area (Å²) in [5.41, 5.74) is -0.317. The Morgan fingerprint density at radius 3 is 2.62 bits per heavy atom. The van der Waals surface area contributed by atoms with Crippen molar-refractivity contribution in [3.05, 3.63) is 28.3 Å². The van der Waals surface area contributed by atoms with E-state index in [1.807, 2.05) is 0 Å². The van der Waals surface area contributed by atoms with Crippen molar-refractivity contribution in [3.8, 4) is 5.75 Å². The Hall–Kier alpha value is -2.31. The number of hydrogen-bond donors (Lipinski definition) is 1. The lowest BCUT2D eigenvalue weighted by Crippen LogP contribution is -2.24. The maximum atomic E-state index is 10.7. The molecule has 1 aromatic rings. The van der Waals surface area contributed by atoms with E-state index in [1.165, 1.54) is 32.4 Å². The monoisotopic (exact) mass is 226 g/mol. The largest absolute Gasteiger partial charge is 0.497 e. The van der Waals surface area contributed by atoms with E-state index in [1.54, 1.807) is 0 Å². The second-order valence-corrected chi connectivity index (χ2v) is 2.95. The minimum absolute atomic E-state index is 0.0307. The summed E-state index contributed by atoms with van der Waals surface area (Å²) >= 11 is 0. The van der Waals surface area contributed by atoms with Crippen LogP contribution in [0.2, 0.25) is 0 Å². The second-order valence-electron chi connectivity index (χ2n) is 2.95. The van der Waals surface area contributed by atoms with Gasteiger partial charge in [-0.1, -0.05) is 0 Å². The number of anilines is 1. The van der Waals surface area contributed by atoms with Gasteiger partial charge in [-0.3, -0.25) is 15.0 Å². The number of nitrogens with zero attached hydrogens (tertiary/aromatic N) is 2. The molecule has 0 radical (unpaired) electrons. The molecule has 0 atom stereocenters. The zero-order valence-electron chi connectivity index (χ0n) is 8.71. The fourth-order valence-corrected chi connectivity index (χ4v) is 1.16. The number of benzene rings is 1. The first-order chi connectivity index (χ1) is 7.47. The highest BCUT2D eigenvalue weighted by atomic mass is 16.6. The van der Waals surface area contributed by atoms with Crippen molar-refractivity contribution in [1.82, 2.24) is 0 Å². The lowest BCUT2D eigenvalue weighted by Gasteiger charge is -2.13. The Morgan fingerprint density at radius 2 is 2.19 bits per heavy atom. The van der Waals surface area contributed by atoms with Crippen LogP contribution < -0.4 is 9.64 Å². The Balaban J connectivity index is 3.30. The normalized spacial score (nSPS) is 9.62. The van der Waals surface area contributed by atoms with Crippen molar-refractivity contribution in [2.24, 2.45) is 0 Å². The summed E-state index contributed by atoms with van der Waals surface area (Å²) < 4.78 is 4.88. The second kappa shape index (κ2) is 4.47. The van der Waals surface area contributed by atoms with Crippen LogP contribution in [0.15, 0.2) is 18.2 Å². The number of amides is 1. The van der Waals surface area contributed by atoms with E-state index in [9.17, 15) is 14.9 Å². The third-order valence-corrected chi connectivity index (χ3v) is 2.03. The minimum atomic E-state index is -1.28. The van der Waals surface area contributed by atoms with E-state index >= 15 is 0 Å². The Kier molecular flexibility index (Phi) is 3.29. The molecule has 0 heterocycles. The molecule has 0 bridgehead atoms. The summed E-state index contributed by atoms with van der Waals surface area (Å²) in [5.74, 6) is 0.355. The van der Waals surface area contributed by atoms with Crippen molar-refractivity contribution >= 4 is 17.5 Å². The van der Waals surface area contributed by atoms with Gasteiger partial charge >= 0.3 is 6.09 Å². The molecule has 0 aliphatic rings. The number of nitro benzene ring substituents is 1. The summed E-state index contributed by atoms with van der Waals surface area (Å²) in [4.78, 5) is 21.6. The Morgan fingerprint density at radius 1 is 1.56 bits per heavy atom. The van der Waals surface area contributed by atoms with Crippen LogP contribution in [-0.4, -0.2) is 30.3 Å². The maximum absolute atomic E-state index is 10.7. The number of ether oxygens (including phenoxy) is 1. The highest BCUT2D eigenvalue weighted by Gasteiger charge is 2.21. The van der Waals surface area contributed by atoms with Crippen LogP contribution in [0.4, 0.5) is 16.2 Å². The predicted octanol–water partition coefficient (Wildman–Crippen LogP) is 1.72. The lowest BCUT2D eigenvalue weighted by atomic mass is 10.2. The highest BCUT2D eigenvalue weighted by Crippen LogP contribution is 2.31. The van der Waals surface area contributed by atoms with Crippen molar-refractivity contribution in [3.63, 3.8) is 0 Å². The molecule has 1 N–H and O–H groups in total. The van der Waals surface area contributed by atoms with Crippen molar-refractivity contribution in [1.29, 1.82) is 0 Å². The molecule has 86 valence electrons. The number of carboxylic acid groups (broad SMARTS) is 1. The SMILES string of the molecule is COc1ccc([N+](=O)[O-])c(N(C)C(=O)O)c1. The summed E-state index contributed by atoms with van der Waals surface area (Å²) in [7, 11) is 2.62. The van der Waals surface area contributed by atoms with E-state index in [4.69, 9.17) is 9.84 Å². The Bertz CT molecular complexity index is 432. The van der Waals surface area contributed by atoms with E-state index in [2.05, 4.69) is 0 Å². The van der Waals surface area contributed by atoms with Crippen molar-refractivity contribution in [2.45, 2.75) is 0 Å². The molecule has 0 unspecified atom stereocenters. The molecule has 0 fully saturated rings. The number of nitro groups is 1. The first-order valence-corrected chi connectivity index (χ1v) is 4.26. The molecule has 0 saturated carbocycles. The fraction of sp³-hybridized carbons (Fsp3) is 0.222. The third-order valence-electron chi connectivity index (χ3n) is 2.03. The van der Waals surface area contributed by atoms with Gasteiger partial charge in [-0.15, -0.1) is 0 Å². The van der Waals surface area contributed by atoms with Crippen LogP contribution in [0.3, 0.4) is 0 Å². The van der Waals surface area contributed by atoms with E-state index in [-0.39, 0.29) is 11.4 Å². The zero-order chi connectivity index (χ0) is 12.3. The molecule has 7 nitrogen and oxygen atoms in total. The molecular weight excluding hydrogens is 216 g/mol. The van der Waals surface area contributed by atoms with Gasteiger partial charge in [-0.05, 0) is 6.07 Å². The molecule has 1 amide bonds. The Labute approximate surface area is 91.0 Å². The van der Waals surface area contributed by atoms with Crippen molar-refractivity contribution in [2.75, 3.05) is 19.1 Å². The van der Waals surface area contributed by atoms with Crippen molar-refractivity contribution < 1.29 is 19.6 Å². The van der Waals surface area contributed by atoms with Gasteiger partial charge in [0.05, 0.1) is 12.0 Å². The maximum Gasteiger partial charge on any atom is 0.411 e. The quantitative estimate of drug-likeness (QED) is 0.625. The number of carbonyl (C=O) groups is 1. The molecule has 16 heavy (non-hydrogen) atoms. The standard InChI is InChI=1S/C9H10N2O5/c1-10(9(12)13)8-5-6(16-2)3-4-7(8)11(14)15/h3-5H,1-2H3,(H,12,13). The average Bonchev–Trinajstić information content (AvgIpc) is 2.26. The molecule has 1 rings (SSSR count). The van der Waals surface area contributed by atoms with Gasteiger partial charge in [-0.2, -0.15) is 0 Å². The number of rotatable bonds is 3. The molecule has 0 spiro atoms. The first-order valence-electron chi connectivity index (χ1n) is 4.26. The molecule has 0 aliphatic carbocycles. The fourth-order valence-electron chi connectivity index (χ4n) is 1.16. The van der Waals surface area contributed by atoms with Gasteiger partial charge in [0, 0.05) is 19.2 Å². The van der Waals surface area contributed by atoms with Gasteiger partial charge < -0.3 is 9.84 Å². The van der Waals surface area contributed by atoms with Gasteiger partial charge in [0.15, 0.2) is 0 Å². The van der Waals surface area contributed by atoms with E-state index in [0.29, 0.717) is 5.75 Å². The molecule has 0 saturated heterocycles. The van der Waals surface area contributed by atoms with Crippen LogP contribution >= 0.6 is 0 Å². The number of methoxy groups -OCH3 is 1.